The van der Waals surface area contributed by atoms with Crippen LogP contribution in [-0.4, -0.2) is 29.8 Å². The number of hydrogen-bond acceptors (Lipinski definition) is 6. The Morgan fingerprint density at radius 3 is 2.59 bits per heavy atom. The Kier molecular flexibility index (Phi) is 7.54. The number of amides is 1. The summed E-state index contributed by atoms with van der Waals surface area (Å²) in [6, 6.07) is 15.8. The molecule has 0 saturated carbocycles. The number of methoxy groups -OCH3 is 1. The SMILES string of the molecule is COc1cc(C(CC(=O)NCCCc2ccccc2)c2oc(C)cc(=O)c2O)ccc1O. The van der Waals surface area contributed by atoms with Crippen LogP contribution >= 0.6 is 0 Å². The van der Waals surface area contributed by atoms with Gasteiger partial charge in [-0.2, -0.15) is 0 Å². The fraction of sp³-hybridized carbons (Fsp3) is 0.280. The van der Waals surface area contributed by atoms with Crippen LogP contribution in [0.25, 0.3) is 0 Å². The van der Waals surface area contributed by atoms with Gasteiger partial charge in [0.05, 0.1) is 13.0 Å². The Morgan fingerprint density at radius 1 is 1.12 bits per heavy atom. The van der Waals surface area contributed by atoms with E-state index < -0.39 is 17.1 Å². The average Bonchev–Trinajstić information content (AvgIpc) is 2.79. The van der Waals surface area contributed by atoms with E-state index in [4.69, 9.17) is 9.15 Å². The predicted octanol–water partition coefficient (Wildman–Crippen LogP) is 3.64. The van der Waals surface area contributed by atoms with Crippen LogP contribution in [0.15, 0.2) is 63.8 Å². The Bertz CT molecular complexity index is 1120. The lowest BCUT2D eigenvalue weighted by Gasteiger charge is -2.19. The molecule has 1 atom stereocenters. The minimum Gasteiger partial charge on any atom is -0.504 e. The molecule has 1 amide bonds. The Morgan fingerprint density at radius 2 is 1.88 bits per heavy atom. The summed E-state index contributed by atoms with van der Waals surface area (Å²) in [4.78, 5) is 24.9. The van der Waals surface area contributed by atoms with Gasteiger partial charge >= 0.3 is 0 Å². The number of carbonyl (C=O) groups excluding carboxylic acids is 1. The number of nitrogens with one attached hydrogen (secondary N) is 1. The van der Waals surface area contributed by atoms with Crippen molar-refractivity contribution in [1.29, 1.82) is 0 Å². The molecule has 3 rings (SSSR count). The second-order valence-electron chi connectivity index (χ2n) is 7.56. The van der Waals surface area contributed by atoms with E-state index in [2.05, 4.69) is 5.32 Å². The lowest BCUT2D eigenvalue weighted by Crippen LogP contribution is -2.27. The van der Waals surface area contributed by atoms with E-state index in [9.17, 15) is 19.8 Å². The minimum absolute atomic E-state index is 0.00202. The minimum atomic E-state index is -0.744. The van der Waals surface area contributed by atoms with Crippen LogP contribution in [0.3, 0.4) is 0 Å². The smallest absolute Gasteiger partial charge is 0.227 e. The van der Waals surface area contributed by atoms with Crippen molar-refractivity contribution in [1.82, 2.24) is 5.32 Å². The van der Waals surface area contributed by atoms with Crippen LogP contribution < -0.4 is 15.5 Å². The van der Waals surface area contributed by atoms with Gasteiger partial charge in [0.1, 0.15) is 5.76 Å². The van der Waals surface area contributed by atoms with Crippen molar-refractivity contribution in [3.8, 4) is 17.2 Å². The third kappa shape index (κ3) is 5.69. The Balaban J connectivity index is 1.78. The predicted molar refractivity (Wildman–Crippen MR) is 120 cm³/mol. The fourth-order valence-corrected chi connectivity index (χ4v) is 3.56. The van der Waals surface area contributed by atoms with Gasteiger partial charge in [0, 0.05) is 19.0 Å². The van der Waals surface area contributed by atoms with Crippen molar-refractivity contribution in [3.05, 3.63) is 87.5 Å². The first-order valence-electron chi connectivity index (χ1n) is 10.4. The number of hydrogen-bond donors (Lipinski definition) is 3. The number of aromatic hydroxyl groups is 2. The van der Waals surface area contributed by atoms with E-state index in [1.54, 1.807) is 19.1 Å². The van der Waals surface area contributed by atoms with Crippen molar-refractivity contribution in [2.75, 3.05) is 13.7 Å². The molecule has 32 heavy (non-hydrogen) atoms. The lowest BCUT2D eigenvalue weighted by molar-refractivity contribution is -0.121. The highest BCUT2D eigenvalue weighted by Gasteiger charge is 2.26. The fourth-order valence-electron chi connectivity index (χ4n) is 3.56. The molecule has 3 aromatic rings. The molecule has 0 radical (unpaired) electrons. The van der Waals surface area contributed by atoms with Crippen LogP contribution in [0.5, 0.6) is 17.2 Å². The summed E-state index contributed by atoms with van der Waals surface area (Å²) in [6.45, 7) is 2.09. The maximum Gasteiger partial charge on any atom is 0.227 e. The third-order valence-corrected chi connectivity index (χ3v) is 5.19. The van der Waals surface area contributed by atoms with E-state index in [0.29, 0.717) is 17.9 Å². The van der Waals surface area contributed by atoms with E-state index >= 15 is 0 Å². The zero-order chi connectivity index (χ0) is 23.1. The molecule has 0 aliphatic heterocycles. The number of phenolic OH excluding ortho intramolecular Hbond substituents is 1. The number of carbonyl (C=O) groups is 1. The summed E-state index contributed by atoms with van der Waals surface area (Å²) in [7, 11) is 1.41. The summed E-state index contributed by atoms with van der Waals surface area (Å²) >= 11 is 0. The summed E-state index contributed by atoms with van der Waals surface area (Å²) in [5.41, 5.74) is 1.17. The van der Waals surface area contributed by atoms with Gasteiger partial charge in [0.25, 0.3) is 0 Å². The first kappa shape index (κ1) is 22.9. The highest BCUT2D eigenvalue weighted by Crippen LogP contribution is 2.37. The molecule has 1 unspecified atom stereocenters. The average molecular weight is 437 g/mol. The highest BCUT2D eigenvalue weighted by molar-refractivity contribution is 5.77. The topological polar surface area (TPSA) is 109 Å². The molecule has 0 spiro atoms. The highest BCUT2D eigenvalue weighted by atomic mass is 16.5. The summed E-state index contributed by atoms with van der Waals surface area (Å²) in [5.74, 6) is -1.06. The molecule has 168 valence electrons. The van der Waals surface area contributed by atoms with Crippen LogP contribution in [0.1, 0.15) is 41.4 Å². The summed E-state index contributed by atoms with van der Waals surface area (Å²) in [6.07, 6.45) is 1.56. The van der Waals surface area contributed by atoms with Gasteiger partial charge in [-0.15, -0.1) is 0 Å². The van der Waals surface area contributed by atoms with Gasteiger partial charge < -0.3 is 24.7 Å². The van der Waals surface area contributed by atoms with Crippen molar-refractivity contribution >= 4 is 5.91 Å². The van der Waals surface area contributed by atoms with Gasteiger partial charge in [-0.05, 0) is 43.0 Å². The molecule has 0 bridgehead atoms. The number of phenols is 1. The first-order chi connectivity index (χ1) is 15.4. The third-order valence-electron chi connectivity index (χ3n) is 5.19. The zero-order valence-corrected chi connectivity index (χ0v) is 18.1. The second kappa shape index (κ2) is 10.5. The molecule has 1 aromatic heterocycles. The monoisotopic (exact) mass is 437 g/mol. The van der Waals surface area contributed by atoms with Crippen LogP contribution in [0.4, 0.5) is 0 Å². The first-order valence-corrected chi connectivity index (χ1v) is 10.4. The molecule has 0 aliphatic rings. The molecule has 7 nitrogen and oxygen atoms in total. The normalized spacial score (nSPS) is 11.7. The zero-order valence-electron chi connectivity index (χ0n) is 18.1. The quantitative estimate of drug-likeness (QED) is 0.441. The van der Waals surface area contributed by atoms with Crippen LogP contribution in [0.2, 0.25) is 0 Å². The summed E-state index contributed by atoms with van der Waals surface area (Å²) < 4.78 is 10.8. The van der Waals surface area contributed by atoms with Crippen LogP contribution in [-0.2, 0) is 11.2 Å². The molecule has 2 aromatic carbocycles. The van der Waals surface area contributed by atoms with Gasteiger partial charge in [-0.1, -0.05) is 36.4 Å². The molecular formula is C25H27NO6. The van der Waals surface area contributed by atoms with Gasteiger partial charge in [0.15, 0.2) is 17.3 Å². The van der Waals surface area contributed by atoms with E-state index in [0.717, 1.165) is 12.8 Å². The summed E-state index contributed by atoms with van der Waals surface area (Å²) in [5, 5.41) is 23.2. The van der Waals surface area contributed by atoms with Crippen molar-refractivity contribution < 1.29 is 24.2 Å². The van der Waals surface area contributed by atoms with Gasteiger partial charge in [-0.25, -0.2) is 0 Å². The van der Waals surface area contributed by atoms with Crippen molar-refractivity contribution in [2.45, 2.75) is 32.1 Å². The lowest BCUT2D eigenvalue weighted by atomic mass is 9.91. The largest absolute Gasteiger partial charge is 0.504 e. The van der Waals surface area contributed by atoms with E-state index in [1.807, 2.05) is 30.3 Å². The molecule has 1 heterocycles. The number of ether oxygens (including phenoxy) is 1. The Hall–Kier alpha value is -3.74. The van der Waals surface area contributed by atoms with E-state index in [-0.39, 0.29) is 29.6 Å². The number of benzene rings is 2. The van der Waals surface area contributed by atoms with Crippen LogP contribution in [0, 0.1) is 6.92 Å². The molecule has 3 N–H and O–H groups in total. The molecule has 7 heteroatoms. The maximum absolute atomic E-state index is 12.7. The maximum atomic E-state index is 12.7. The van der Waals surface area contributed by atoms with Crippen molar-refractivity contribution in [2.24, 2.45) is 0 Å². The number of aryl methyl sites for hydroxylation is 2. The Labute approximate surface area is 186 Å². The van der Waals surface area contributed by atoms with Crippen molar-refractivity contribution in [3.63, 3.8) is 0 Å². The molecule has 0 fully saturated rings. The number of rotatable bonds is 9. The van der Waals surface area contributed by atoms with Gasteiger partial charge in [0.2, 0.25) is 17.1 Å². The van der Waals surface area contributed by atoms with E-state index in [1.165, 1.54) is 24.8 Å². The molecule has 0 saturated heterocycles. The molecular weight excluding hydrogens is 410 g/mol. The van der Waals surface area contributed by atoms with Gasteiger partial charge in [-0.3, -0.25) is 9.59 Å². The molecule has 0 aliphatic carbocycles. The standard InChI is InChI=1S/C25H27NO6/c1-16-13-21(28)24(30)25(32-16)19(18-10-11-20(27)22(14-18)31-2)15-23(29)26-12-6-9-17-7-4-3-5-8-17/h3-5,7-8,10-11,13-14,19,27,30H,6,9,12,15H2,1-2H3,(H,26,29). The second-order valence-corrected chi connectivity index (χ2v) is 7.56.